The lowest BCUT2D eigenvalue weighted by atomic mass is 9.96. The second-order valence-corrected chi connectivity index (χ2v) is 10.3. The van der Waals surface area contributed by atoms with E-state index in [-0.39, 0.29) is 17.0 Å². The third-order valence-corrected chi connectivity index (χ3v) is 5.57. The third kappa shape index (κ3) is 5.84. The van der Waals surface area contributed by atoms with Crippen LogP contribution >= 0.6 is 12.6 Å². The Balaban J connectivity index is 0.000000650. The van der Waals surface area contributed by atoms with Gasteiger partial charge in [-0.25, -0.2) is 4.39 Å². The molecule has 0 bridgehead atoms. The van der Waals surface area contributed by atoms with Gasteiger partial charge in [0.05, 0.1) is 11.3 Å². The minimum absolute atomic E-state index is 0.0856. The molecule has 0 saturated heterocycles. The zero-order chi connectivity index (χ0) is 23.8. The Kier molecular flexibility index (Phi) is 6.96. The minimum Gasteiger partial charge on any atom is -0.347 e. The molecule has 1 aliphatic rings. The number of aromatic nitrogens is 2. The maximum Gasteiger partial charge on any atom is 0.418 e. The molecule has 1 atom stereocenters. The van der Waals surface area contributed by atoms with E-state index in [1.54, 1.807) is 6.92 Å². The van der Waals surface area contributed by atoms with E-state index in [1.807, 2.05) is 10.8 Å². The Hall–Kier alpha value is -2.06. The molecule has 174 valence electrons. The van der Waals surface area contributed by atoms with Crippen molar-refractivity contribution in [3.05, 3.63) is 53.6 Å². The molecule has 2 aromatic heterocycles. The number of rotatable bonds is 3. The van der Waals surface area contributed by atoms with Crippen molar-refractivity contribution >= 4 is 23.5 Å². The molecule has 2 N–H and O–H groups in total. The fourth-order valence-corrected chi connectivity index (χ4v) is 3.60. The van der Waals surface area contributed by atoms with Crippen LogP contribution in [0.2, 0.25) is 0 Å². The molecule has 32 heavy (non-hydrogen) atoms. The average Bonchev–Trinajstić information content (AvgIpc) is 3.38. The molecule has 1 saturated carbocycles. The van der Waals surface area contributed by atoms with Gasteiger partial charge in [-0.05, 0) is 55.0 Å². The second kappa shape index (κ2) is 9.06. The van der Waals surface area contributed by atoms with Crippen LogP contribution in [0.1, 0.15) is 57.7 Å². The fourth-order valence-electron chi connectivity index (χ4n) is 3.45. The van der Waals surface area contributed by atoms with Gasteiger partial charge >= 0.3 is 6.18 Å². The summed E-state index contributed by atoms with van der Waals surface area (Å²) in [5, 5.41) is 1.38. The molecule has 1 aromatic carbocycles. The van der Waals surface area contributed by atoms with Crippen molar-refractivity contribution in [2.24, 2.45) is 11.1 Å². The SMILES string of the molecule is CC(N)c1cn(CC(C)(C)C)c2cc(-c3ncccc3C(F)(F)F)c(F)cc12.SC1CC1. The summed E-state index contributed by atoms with van der Waals surface area (Å²) >= 11 is 4.08. The summed E-state index contributed by atoms with van der Waals surface area (Å²) in [5.74, 6) is -0.757. The highest BCUT2D eigenvalue weighted by Gasteiger charge is 2.35. The molecular formula is C24H29F4N3S. The van der Waals surface area contributed by atoms with Crippen molar-refractivity contribution in [3.63, 3.8) is 0 Å². The van der Waals surface area contributed by atoms with E-state index in [4.69, 9.17) is 5.73 Å². The molecule has 0 radical (unpaired) electrons. The molecule has 2 heterocycles. The number of thiol groups is 1. The standard InChI is InChI=1S/C21H23F4N3.C3H6S/c1-12(26)15-10-28(11-20(2,3)4)18-9-14(17(22)8-13(15)18)19-16(21(23,24)25)6-5-7-27-19;4-3-1-2-3/h5-10,12H,11,26H2,1-4H3;3-4H,1-2H2. The van der Waals surface area contributed by atoms with E-state index < -0.39 is 23.3 Å². The number of nitrogens with two attached hydrogens (primary N) is 1. The van der Waals surface area contributed by atoms with Crippen LogP contribution in [0.3, 0.4) is 0 Å². The first-order chi connectivity index (χ1) is 14.8. The first-order valence-corrected chi connectivity index (χ1v) is 11.1. The number of pyridine rings is 1. The quantitative estimate of drug-likeness (QED) is 0.322. The van der Waals surface area contributed by atoms with Crippen molar-refractivity contribution in [2.45, 2.75) is 64.5 Å². The number of alkyl halides is 3. The summed E-state index contributed by atoms with van der Waals surface area (Å²) in [7, 11) is 0. The number of benzene rings is 1. The van der Waals surface area contributed by atoms with Crippen LogP contribution in [0.15, 0.2) is 36.7 Å². The smallest absolute Gasteiger partial charge is 0.347 e. The van der Waals surface area contributed by atoms with Gasteiger partial charge in [0.25, 0.3) is 0 Å². The van der Waals surface area contributed by atoms with Gasteiger partial charge in [-0.3, -0.25) is 4.98 Å². The van der Waals surface area contributed by atoms with Gasteiger partial charge in [0.1, 0.15) is 5.82 Å². The van der Waals surface area contributed by atoms with Crippen LogP contribution in [0.25, 0.3) is 22.2 Å². The highest BCUT2D eigenvalue weighted by Crippen LogP contribution is 2.39. The van der Waals surface area contributed by atoms with E-state index in [1.165, 1.54) is 37.2 Å². The highest BCUT2D eigenvalue weighted by atomic mass is 32.1. The number of hydrogen-bond donors (Lipinski definition) is 2. The highest BCUT2D eigenvalue weighted by molar-refractivity contribution is 7.81. The van der Waals surface area contributed by atoms with Crippen molar-refractivity contribution in [1.29, 1.82) is 0 Å². The molecule has 1 fully saturated rings. The van der Waals surface area contributed by atoms with Crippen molar-refractivity contribution in [1.82, 2.24) is 9.55 Å². The zero-order valence-corrected chi connectivity index (χ0v) is 19.6. The molecule has 3 aromatic rings. The van der Waals surface area contributed by atoms with Gasteiger partial charge in [-0.2, -0.15) is 25.8 Å². The minimum atomic E-state index is -4.63. The van der Waals surface area contributed by atoms with Crippen LogP contribution in [0.5, 0.6) is 0 Å². The Morgan fingerprint density at radius 2 is 1.84 bits per heavy atom. The van der Waals surface area contributed by atoms with Crippen LogP contribution in [0, 0.1) is 11.2 Å². The van der Waals surface area contributed by atoms with Gasteiger partial charge in [0.2, 0.25) is 0 Å². The van der Waals surface area contributed by atoms with Crippen molar-refractivity contribution < 1.29 is 17.6 Å². The number of hydrogen-bond acceptors (Lipinski definition) is 3. The molecule has 4 rings (SSSR count). The van der Waals surface area contributed by atoms with Crippen LogP contribution in [-0.2, 0) is 12.7 Å². The molecule has 0 aliphatic heterocycles. The van der Waals surface area contributed by atoms with Gasteiger partial charge in [0, 0.05) is 46.7 Å². The maximum absolute atomic E-state index is 14.9. The van der Waals surface area contributed by atoms with E-state index >= 15 is 0 Å². The van der Waals surface area contributed by atoms with E-state index in [9.17, 15) is 17.6 Å². The summed E-state index contributed by atoms with van der Waals surface area (Å²) in [6.07, 6.45) is 1.16. The van der Waals surface area contributed by atoms with Crippen molar-refractivity contribution in [3.8, 4) is 11.3 Å². The number of nitrogens with zero attached hydrogens (tertiary/aromatic N) is 2. The van der Waals surface area contributed by atoms with Crippen molar-refractivity contribution in [2.75, 3.05) is 0 Å². The fraction of sp³-hybridized carbons (Fsp3) is 0.458. The molecule has 0 spiro atoms. The lowest BCUT2D eigenvalue weighted by molar-refractivity contribution is -0.137. The number of halogens is 4. The summed E-state index contributed by atoms with van der Waals surface area (Å²) < 4.78 is 57.1. The summed E-state index contributed by atoms with van der Waals surface area (Å²) in [5.41, 5.74) is 5.79. The maximum atomic E-state index is 14.9. The Labute approximate surface area is 191 Å². The topological polar surface area (TPSA) is 43.8 Å². The van der Waals surface area contributed by atoms with E-state index in [0.717, 1.165) is 16.9 Å². The third-order valence-electron chi connectivity index (χ3n) is 5.05. The molecule has 1 aliphatic carbocycles. The van der Waals surface area contributed by atoms with Gasteiger partial charge in [0.15, 0.2) is 0 Å². The summed E-state index contributed by atoms with van der Waals surface area (Å²) in [6.45, 7) is 8.55. The van der Waals surface area contributed by atoms with E-state index in [2.05, 4.69) is 38.4 Å². The zero-order valence-electron chi connectivity index (χ0n) is 18.7. The molecular weight excluding hydrogens is 438 g/mol. The van der Waals surface area contributed by atoms with Crippen LogP contribution < -0.4 is 5.73 Å². The molecule has 1 unspecified atom stereocenters. The van der Waals surface area contributed by atoms with Crippen LogP contribution in [0.4, 0.5) is 17.6 Å². The molecule has 8 heteroatoms. The Morgan fingerprint density at radius 3 is 2.34 bits per heavy atom. The largest absolute Gasteiger partial charge is 0.418 e. The summed E-state index contributed by atoms with van der Waals surface area (Å²) in [4.78, 5) is 3.84. The number of fused-ring (bicyclic) bond motifs is 1. The molecule has 0 amide bonds. The molecule has 3 nitrogen and oxygen atoms in total. The second-order valence-electron chi connectivity index (χ2n) is 9.54. The first kappa shape index (κ1) is 24.6. The lowest BCUT2D eigenvalue weighted by Gasteiger charge is -2.20. The van der Waals surface area contributed by atoms with Crippen LogP contribution in [-0.4, -0.2) is 14.8 Å². The van der Waals surface area contributed by atoms with E-state index in [0.29, 0.717) is 17.4 Å². The van der Waals surface area contributed by atoms with Gasteiger partial charge in [-0.1, -0.05) is 20.8 Å². The summed E-state index contributed by atoms with van der Waals surface area (Å²) in [6, 6.07) is 4.47. The monoisotopic (exact) mass is 467 g/mol. The lowest BCUT2D eigenvalue weighted by Crippen LogP contribution is -2.15. The Morgan fingerprint density at radius 1 is 1.22 bits per heavy atom. The predicted molar refractivity (Wildman–Crippen MR) is 124 cm³/mol. The average molecular weight is 468 g/mol. The Bertz CT molecular complexity index is 1090. The van der Waals surface area contributed by atoms with Gasteiger partial charge in [-0.15, -0.1) is 0 Å². The van der Waals surface area contributed by atoms with Gasteiger partial charge < -0.3 is 10.3 Å². The first-order valence-electron chi connectivity index (χ1n) is 10.6. The normalized spacial score (nSPS) is 15.4. The predicted octanol–water partition coefficient (Wildman–Crippen LogP) is 7.01.